The Balaban J connectivity index is 1.64. The van der Waals surface area contributed by atoms with E-state index in [9.17, 15) is 23.1 Å². The molecule has 1 aliphatic heterocycles. The Kier molecular flexibility index (Phi) is 5.70. The van der Waals surface area contributed by atoms with Crippen molar-refractivity contribution in [2.45, 2.75) is 16.7 Å². The Hall–Kier alpha value is -3.02. The molecular weight excluding hydrogens is 443 g/mol. The Morgan fingerprint density at radius 1 is 1.18 bits per heavy atom. The van der Waals surface area contributed by atoms with Crippen molar-refractivity contribution in [1.82, 2.24) is 19.7 Å². The molecule has 3 heterocycles. The quantitative estimate of drug-likeness (QED) is 0.415. The first kappa shape index (κ1) is 24.1. The van der Waals surface area contributed by atoms with Crippen LogP contribution in [0.2, 0.25) is 0 Å². The third kappa shape index (κ3) is 4.77. The van der Waals surface area contributed by atoms with Crippen LogP contribution in [0.1, 0.15) is 0 Å². The molecule has 10 radical (unpaired) electrons. The van der Waals surface area contributed by atoms with Gasteiger partial charge in [-0.2, -0.15) is 0 Å². The van der Waals surface area contributed by atoms with E-state index < -0.39 is 41.6 Å². The Labute approximate surface area is 198 Å². The first-order chi connectivity index (χ1) is 15.6. The van der Waals surface area contributed by atoms with E-state index >= 15 is 0 Å². The monoisotopic (exact) mass is 456 g/mol. The van der Waals surface area contributed by atoms with Gasteiger partial charge in [0.1, 0.15) is 27.2 Å². The van der Waals surface area contributed by atoms with Crippen LogP contribution in [0.5, 0.6) is 0 Å². The lowest BCUT2D eigenvalue weighted by molar-refractivity contribution is -0.107. The zero-order valence-corrected chi connectivity index (χ0v) is 17.5. The maximum absolute atomic E-state index is 14.6. The first-order valence-electron chi connectivity index (χ1n) is 9.70. The summed E-state index contributed by atoms with van der Waals surface area (Å²) in [4.78, 5) is 17.8. The summed E-state index contributed by atoms with van der Waals surface area (Å²) in [7, 11) is 28.0. The number of nitrogens with one attached hydrogen (secondary N) is 1. The van der Waals surface area contributed by atoms with Crippen molar-refractivity contribution in [2.24, 2.45) is 0 Å². The standard InChI is InChI=1S/C18H12B5F3N6O2/c19-17(20,21)32(18(22,23)34)11-3-9-6-31(29-14(9)27-5-11)13-4-10(1-2-12(13)24)28-15(33)30-7-16(25,26)8-30/h1-6,34H,7-8H2,(H,28,33). The van der Waals surface area contributed by atoms with Gasteiger partial charge in [-0.1, -0.05) is 5.24 Å². The molecule has 0 aliphatic carbocycles. The molecule has 1 fully saturated rings. The number of aromatic nitrogens is 3. The largest absolute Gasteiger partial charge is 0.390 e. The molecule has 0 atom stereocenters. The van der Waals surface area contributed by atoms with Gasteiger partial charge in [0.25, 0.3) is 5.92 Å². The van der Waals surface area contributed by atoms with Gasteiger partial charge in [0.15, 0.2) is 5.65 Å². The summed E-state index contributed by atoms with van der Waals surface area (Å²) >= 11 is 0. The summed E-state index contributed by atoms with van der Waals surface area (Å²) in [5.41, 5.74) is -2.24. The second-order valence-corrected chi connectivity index (χ2v) is 7.99. The van der Waals surface area contributed by atoms with Gasteiger partial charge in [0.2, 0.25) is 0 Å². The molecule has 2 amide bonds. The van der Waals surface area contributed by atoms with E-state index in [1.54, 1.807) is 0 Å². The third-order valence-corrected chi connectivity index (χ3v) is 4.92. The van der Waals surface area contributed by atoms with Crippen LogP contribution in [-0.4, -0.2) is 99.8 Å². The van der Waals surface area contributed by atoms with Crippen LogP contribution < -0.4 is 10.2 Å². The molecule has 8 nitrogen and oxygen atoms in total. The number of anilines is 2. The van der Waals surface area contributed by atoms with Crippen molar-refractivity contribution >= 4 is 67.7 Å². The summed E-state index contributed by atoms with van der Waals surface area (Å²) in [5.74, 6) is -3.60. The minimum Gasteiger partial charge on any atom is -0.390 e. The zero-order valence-electron chi connectivity index (χ0n) is 17.5. The number of rotatable bonds is 5. The molecule has 4 rings (SSSR count). The fourth-order valence-corrected chi connectivity index (χ4v) is 3.51. The smallest absolute Gasteiger partial charge is 0.322 e. The number of hydrogen-bond donors (Lipinski definition) is 2. The second kappa shape index (κ2) is 8.04. The lowest BCUT2D eigenvalue weighted by Crippen LogP contribution is -2.64. The lowest BCUT2D eigenvalue weighted by Gasteiger charge is -2.48. The molecule has 0 saturated carbocycles. The number of halogens is 3. The SMILES string of the molecule is [B]C([B])([B])N(c1cnc2nn(-c3cc(NC(=O)N4CC(F)(F)C4)ccc3F)cc2c1)C([B])([B])O. The van der Waals surface area contributed by atoms with E-state index in [1.165, 1.54) is 30.6 Å². The molecule has 1 saturated heterocycles. The van der Waals surface area contributed by atoms with Gasteiger partial charge in [-0.15, -0.1) is 5.10 Å². The van der Waals surface area contributed by atoms with Crippen molar-refractivity contribution in [3.05, 3.63) is 42.5 Å². The molecule has 0 bridgehead atoms. The van der Waals surface area contributed by atoms with Crippen LogP contribution in [0.3, 0.4) is 0 Å². The number of carbonyl (C=O) groups excluding carboxylic acids is 1. The molecule has 0 spiro atoms. The minimum absolute atomic E-state index is 0.0416. The number of hydrogen-bond acceptors (Lipinski definition) is 5. The second-order valence-electron chi connectivity index (χ2n) is 7.99. The van der Waals surface area contributed by atoms with Crippen molar-refractivity contribution in [2.75, 3.05) is 23.3 Å². The lowest BCUT2D eigenvalue weighted by atomic mass is 9.46. The first-order valence-corrected chi connectivity index (χ1v) is 9.70. The normalized spacial score (nSPS) is 15.7. The van der Waals surface area contributed by atoms with Crippen LogP contribution in [0.15, 0.2) is 36.7 Å². The highest BCUT2D eigenvalue weighted by molar-refractivity contribution is 6.62. The highest BCUT2D eigenvalue weighted by atomic mass is 19.3. The minimum atomic E-state index is -2.91. The summed E-state index contributed by atoms with van der Waals surface area (Å²) in [6.45, 7) is -1.39. The summed E-state index contributed by atoms with van der Waals surface area (Å²) in [6.07, 6.45) is 2.59. The van der Waals surface area contributed by atoms with Crippen LogP contribution in [-0.2, 0) is 0 Å². The van der Waals surface area contributed by atoms with Gasteiger partial charge in [-0.3, -0.25) is 0 Å². The summed E-state index contributed by atoms with van der Waals surface area (Å²) in [6, 6.07) is 4.29. The number of pyridine rings is 1. The van der Waals surface area contributed by atoms with Crippen LogP contribution in [0.25, 0.3) is 16.7 Å². The van der Waals surface area contributed by atoms with Gasteiger partial charge in [-0.25, -0.2) is 27.6 Å². The number of urea groups is 1. The fraction of sp³-hybridized carbons (Fsp3) is 0.278. The number of aliphatic hydroxyl groups is 1. The van der Waals surface area contributed by atoms with Crippen molar-refractivity contribution in [1.29, 1.82) is 0 Å². The molecule has 1 aromatic carbocycles. The van der Waals surface area contributed by atoms with E-state index in [-0.39, 0.29) is 22.7 Å². The van der Waals surface area contributed by atoms with Gasteiger partial charge in [0.05, 0.1) is 48.5 Å². The number of amides is 2. The number of alkyl halides is 2. The van der Waals surface area contributed by atoms with Gasteiger partial charge in [-0.05, 0) is 24.3 Å². The zero-order chi connectivity index (χ0) is 25.1. The number of fused-ring (bicyclic) bond motifs is 1. The van der Waals surface area contributed by atoms with Crippen molar-refractivity contribution < 1.29 is 23.1 Å². The highest BCUT2D eigenvalue weighted by Crippen LogP contribution is 2.29. The van der Waals surface area contributed by atoms with E-state index in [0.29, 0.717) is 10.3 Å². The average molecular weight is 455 g/mol. The van der Waals surface area contributed by atoms with Crippen LogP contribution in [0, 0.1) is 5.82 Å². The molecule has 2 N–H and O–H groups in total. The van der Waals surface area contributed by atoms with Gasteiger partial charge >= 0.3 is 6.03 Å². The highest BCUT2D eigenvalue weighted by Gasteiger charge is 2.46. The van der Waals surface area contributed by atoms with Crippen LogP contribution >= 0.6 is 0 Å². The van der Waals surface area contributed by atoms with Crippen LogP contribution in [0.4, 0.5) is 29.3 Å². The Morgan fingerprint density at radius 3 is 2.44 bits per heavy atom. The average Bonchev–Trinajstić information content (AvgIpc) is 3.08. The van der Waals surface area contributed by atoms with E-state index in [2.05, 4.69) is 15.4 Å². The fourth-order valence-electron chi connectivity index (χ4n) is 3.51. The topological polar surface area (TPSA) is 86.5 Å². The molecule has 3 aromatic rings. The third-order valence-electron chi connectivity index (χ3n) is 4.92. The molecule has 2 aromatic heterocycles. The van der Waals surface area contributed by atoms with E-state index in [1.807, 2.05) is 0 Å². The van der Waals surface area contributed by atoms with E-state index in [0.717, 1.165) is 15.6 Å². The maximum Gasteiger partial charge on any atom is 0.322 e. The molecule has 0 unspecified atom stereocenters. The Bertz CT molecular complexity index is 1240. The van der Waals surface area contributed by atoms with Crippen molar-refractivity contribution in [3.8, 4) is 5.69 Å². The van der Waals surface area contributed by atoms with Gasteiger partial charge in [0, 0.05) is 22.8 Å². The molecule has 162 valence electrons. The van der Waals surface area contributed by atoms with E-state index in [4.69, 9.17) is 39.2 Å². The Morgan fingerprint density at radius 2 is 1.85 bits per heavy atom. The predicted octanol–water partition coefficient (Wildman–Crippen LogP) is -0.0938. The summed E-state index contributed by atoms with van der Waals surface area (Å²) < 4.78 is 41.7. The molecule has 1 aliphatic rings. The van der Waals surface area contributed by atoms with Gasteiger partial charge < -0.3 is 20.2 Å². The number of likely N-dealkylation sites (tertiary alicyclic amines) is 1. The number of carbonyl (C=O) groups is 1. The van der Waals surface area contributed by atoms with Crippen molar-refractivity contribution in [3.63, 3.8) is 0 Å². The predicted molar refractivity (Wildman–Crippen MR) is 123 cm³/mol. The summed E-state index contributed by atoms with van der Waals surface area (Å²) in [5, 5.41) is 14.8. The molecule has 34 heavy (non-hydrogen) atoms. The maximum atomic E-state index is 14.6. The molecule has 16 heteroatoms. The molecular formula is C18H12B5F3N6O2. The number of benzene rings is 1. The number of nitrogens with zero attached hydrogens (tertiary/aromatic N) is 5.